The molecule has 2 amide bonds. The first-order valence-corrected chi connectivity index (χ1v) is 18.8. The van der Waals surface area contributed by atoms with E-state index in [2.05, 4.69) is 49.1 Å². The Balaban J connectivity index is 1.40. The van der Waals surface area contributed by atoms with Crippen molar-refractivity contribution < 1.29 is 32.3 Å². The molecule has 1 N–H and O–H groups in total. The molecule has 11 nitrogen and oxygen atoms in total. The first-order valence-electron chi connectivity index (χ1n) is 15.9. The highest BCUT2D eigenvalue weighted by Crippen LogP contribution is 2.41. The summed E-state index contributed by atoms with van der Waals surface area (Å²) in [5.74, 6) is -2.22. The van der Waals surface area contributed by atoms with Crippen LogP contribution in [-0.2, 0) is 14.8 Å². The van der Waals surface area contributed by atoms with E-state index in [-0.39, 0.29) is 34.3 Å². The van der Waals surface area contributed by atoms with Gasteiger partial charge in [-0.05, 0) is 64.9 Å². The Morgan fingerprint density at radius 3 is 2.33 bits per heavy atom. The van der Waals surface area contributed by atoms with Crippen LogP contribution >= 0.6 is 0 Å². The summed E-state index contributed by atoms with van der Waals surface area (Å²) >= 11 is 0. The molecule has 48 heavy (non-hydrogen) atoms. The fourth-order valence-corrected chi connectivity index (χ4v) is 7.15. The number of hydrogen-bond donors (Lipinski definition) is 1. The summed E-state index contributed by atoms with van der Waals surface area (Å²) in [6, 6.07) is 5.50. The predicted octanol–water partition coefficient (Wildman–Crippen LogP) is 6.00. The van der Waals surface area contributed by atoms with E-state index < -0.39 is 37.1 Å². The first-order chi connectivity index (χ1) is 22.1. The van der Waals surface area contributed by atoms with E-state index in [0.29, 0.717) is 37.0 Å². The Morgan fingerprint density at radius 1 is 1.06 bits per heavy atom. The highest BCUT2D eigenvalue weighted by Gasteiger charge is 2.45. The zero-order chi connectivity index (χ0) is 35.8. The second-order valence-electron chi connectivity index (χ2n) is 14.8. The highest BCUT2D eigenvalue weighted by molar-refractivity contribution is 6.74. The number of carbonyl (C=O) groups excluding carboxylic acids is 2. The molecule has 0 bridgehead atoms. The van der Waals surface area contributed by atoms with Crippen molar-refractivity contribution in [2.24, 2.45) is 0 Å². The van der Waals surface area contributed by atoms with Gasteiger partial charge in [0.25, 0.3) is 5.91 Å². The Bertz CT molecular complexity index is 1660. The molecule has 260 valence electrons. The average molecular weight is 685 g/mol. The van der Waals surface area contributed by atoms with Crippen molar-refractivity contribution in [1.29, 1.82) is 0 Å². The van der Waals surface area contributed by atoms with Gasteiger partial charge < -0.3 is 24.6 Å². The lowest BCUT2D eigenvalue weighted by Crippen LogP contribution is -2.63. The van der Waals surface area contributed by atoms with E-state index >= 15 is 0 Å². The SMILES string of the molecule is C[C@@H](C(=O)Nc1cnc(Oc2ccc(F)cc2F)cn1)N1CCN(C(=O)c2cc[n+]([O-])c(C(C)(C)O[Si](C)(C)C(C)(C)C)c2)C(C)(C)C1. The number of amides is 2. The molecular weight excluding hydrogens is 638 g/mol. The van der Waals surface area contributed by atoms with Gasteiger partial charge in [0, 0.05) is 37.8 Å². The zero-order valence-corrected chi connectivity index (χ0v) is 30.4. The fraction of sp³-hybridized carbons (Fsp3) is 0.500. The highest BCUT2D eigenvalue weighted by atomic mass is 28.4. The molecule has 3 heterocycles. The molecule has 1 aromatic carbocycles. The van der Waals surface area contributed by atoms with Crippen LogP contribution in [0.4, 0.5) is 14.6 Å². The third-order valence-corrected chi connectivity index (χ3v) is 13.8. The molecule has 3 aromatic rings. The number of ether oxygens (including phenoxy) is 1. The molecule has 0 spiro atoms. The van der Waals surface area contributed by atoms with Crippen LogP contribution < -0.4 is 14.8 Å². The molecule has 0 unspecified atom stereocenters. The summed E-state index contributed by atoms with van der Waals surface area (Å²) < 4.78 is 39.8. The van der Waals surface area contributed by atoms with Crippen LogP contribution in [0, 0.1) is 16.8 Å². The maximum atomic E-state index is 13.9. The summed E-state index contributed by atoms with van der Waals surface area (Å²) in [5, 5.41) is 15.6. The van der Waals surface area contributed by atoms with Crippen molar-refractivity contribution in [1.82, 2.24) is 19.8 Å². The molecule has 1 fully saturated rings. The van der Waals surface area contributed by atoms with Crippen LogP contribution in [0.15, 0.2) is 48.9 Å². The number of halogens is 2. The van der Waals surface area contributed by atoms with E-state index in [4.69, 9.17) is 9.16 Å². The van der Waals surface area contributed by atoms with Crippen molar-refractivity contribution in [3.8, 4) is 11.6 Å². The number of benzene rings is 1. The van der Waals surface area contributed by atoms with E-state index in [1.165, 1.54) is 24.7 Å². The van der Waals surface area contributed by atoms with Crippen LogP contribution in [-0.4, -0.2) is 71.1 Å². The maximum absolute atomic E-state index is 13.9. The normalized spacial score (nSPS) is 16.4. The summed E-state index contributed by atoms with van der Waals surface area (Å²) in [6.45, 7) is 21.3. The molecule has 0 aliphatic carbocycles. The molecule has 0 saturated carbocycles. The second-order valence-corrected chi connectivity index (χ2v) is 19.5. The number of nitrogens with zero attached hydrogens (tertiary/aromatic N) is 5. The van der Waals surface area contributed by atoms with Gasteiger partial charge in [-0.15, -0.1) is 0 Å². The van der Waals surface area contributed by atoms with E-state index in [1.807, 2.05) is 32.6 Å². The standard InChI is InChI=1S/C34H46F2N6O5Si/c1-22(30(43)39-28-19-38-29(20-37-28)46-26-12-11-24(35)18-25(26)36)40-15-16-41(33(5,6)21-40)31(44)23-13-14-42(45)27(17-23)34(7,8)47-48(9,10)32(2,3)4/h11-14,17-20,22H,15-16,21H2,1-10H3,(H,37,39,43)/t22-/m0/s1. The molecule has 2 aromatic heterocycles. The van der Waals surface area contributed by atoms with Gasteiger partial charge in [-0.1, -0.05) is 20.8 Å². The molecular formula is C34H46F2N6O5Si. The predicted molar refractivity (Wildman–Crippen MR) is 180 cm³/mol. The van der Waals surface area contributed by atoms with Gasteiger partial charge in [0.1, 0.15) is 11.4 Å². The van der Waals surface area contributed by atoms with Crippen molar-refractivity contribution in [2.45, 2.75) is 90.7 Å². The Morgan fingerprint density at radius 2 is 1.75 bits per heavy atom. The zero-order valence-electron chi connectivity index (χ0n) is 29.4. The summed E-state index contributed by atoms with van der Waals surface area (Å²) in [7, 11) is -2.24. The Labute approximate surface area is 282 Å². The maximum Gasteiger partial charge on any atom is 0.254 e. The third kappa shape index (κ3) is 8.16. The van der Waals surface area contributed by atoms with E-state index in [0.717, 1.165) is 16.9 Å². The molecule has 1 saturated heterocycles. The van der Waals surface area contributed by atoms with Crippen molar-refractivity contribution in [2.75, 3.05) is 25.0 Å². The first kappa shape index (κ1) is 36.8. The van der Waals surface area contributed by atoms with Gasteiger partial charge in [-0.2, -0.15) is 4.73 Å². The van der Waals surface area contributed by atoms with Crippen LogP contribution in [0.5, 0.6) is 11.6 Å². The number of aromatic nitrogens is 3. The number of anilines is 1. The Hall–Kier alpha value is -4.01. The van der Waals surface area contributed by atoms with Gasteiger partial charge in [0.2, 0.25) is 17.5 Å². The fourth-order valence-electron chi connectivity index (χ4n) is 5.46. The van der Waals surface area contributed by atoms with E-state index in [9.17, 15) is 23.6 Å². The largest absolute Gasteiger partial charge is 0.618 e. The lowest BCUT2D eigenvalue weighted by Gasteiger charge is -2.48. The topological polar surface area (TPSA) is 124 Å². The monoisotopic (exact) mass is 684 g/mol. The molecule has 1 aliphatic rings. The van der Waals surface area contributed by atoms with Gasteiger partial charge >= 0.3 is 0 Å². The molecule has 4 rings (SSSR count). The van der Waals surface area contributed by atoms with Crippen LogP contribution in [0.2, 0.25) is 18.1 Å². The summed E-state index contributed by atoms with van der Waals surface area (Å²) in [6.07, 6.45) is 3.86. The summed E-state index contributed by atoms with van der Waals surface area (Å²) in [4.78, 5) is 39.0. The Kier molecular flexibility index (Phi) is 10.3. The number of carbonyl (C=O) groups is 2. The third-order valence-electron chi connectivity index (χ3n) is 9.19. The van der Waals surface area contributed by atoms with Crippen molar-refractivity contribution >= 4 is 25.9 Å². The summed E-state index contributed by atoms with van der Waals surface area (Å²) in [5.41, 5.74) is -0.805. The van der Waals surface area contributed by atoms with Gasteiger partial charge in [0.05, 0.1) is 29.5 Å². The van der Waals surface area contributed by atoms with Crippen LogP contribution in [0.1, 0.15) is 71.4 Å². The number of pyridine rings is 1. The quantitative estimate of drug-likeness (QED) is 0.165. The van der Waals surface area contributed by atoms with Crippen LogP contribution in [0.25, 0.3) is 0 Å². The van der Waals surface area contributed by atoms with E-state index in [1.54, 1.807) is 17.9 Å². The smallest absolute Gasteiger partial charge is 0.254 e. The molecule has 1 atom stereocenters. The molecule has 14 heteroatoms. The van der Waals surface area contributed by atoms with Crippen molar-refractivity contribution in [3.05, 3.63) is 77.0 Å². The lowest BCUT2D eigenvalue weighted by molar-refractivity contribution is -0.621. The number of hydrogen-bond acceptors (Lipinski definition) is 8. The molecule has 1 aliphatic heterocycles. The van der Waals surface area contributed by atoms with Gasteiger partial charge in [-0.25, -0.2) is 18.7 Å². The van der Waals surface area contributed by atoms with Crippen molar-refractivity contribution in [3.63, 3.8) is 0 Å². The average Bonchev–Trinajstić information content (AvgIpc) is 2.97. The number of nitrogens with one attached hydrogen (secondary N) is 1. The van der Waals surface area contributed by atoms with Gasteiger partial charge in [-0.3, -0.25) is 14.5 Å². The minimum Gasteiger partial charge on any atom is -0.618 e. The molecule has 0 radical (unpaired) electrons. The van der Waals surface area contributed by atoms with Crippen LogP contribution in [0.3, 0.4) is 0 Å². The minimum atomic E-state index is -2.24. The number of piperazine rings is 1. The second kappa shape index (κ2) is 13.5. The number of rotatable bonds is 9. The lowest BCUT2D eigenvalue weighted by atomic mass is 9.95. The minimum absolute atomic E-state index is 0.0311. The van der Waals surface area contributed by atoms with Gasteiger partial charge in [0.15, 0.2) is 31.9 Å².